The summed E-state index contributed by atoms with van der Waals surface area (Å²) >= 11 is 0. The van der Waals surface area contributed by atoms with E-state index in [0.717, 1.165) is 0 Å². The lowest BCUT2D eigenvalue weighted by Crippen LogP contribution is -2.01. The first-order valence-corrected chi connectivity index (χ1v) is 5.54. The van der Waals surface area contributed by atoms with Gasteiger partial charge in [0.15, 0.2) is 0 Å². The second-order valence-corrected chi connectivity index (χ2v) is 3.44. The Kier molecular flexibility index (Phi) is 6.14. The number of aryl methyl sites for hydroxylation is 1. The molecular formula is C13H20F2. The number of hydrogen-bond acceptors (Lipinski definition) is 0. The largest absolute Gasteiger partial charge is 0.207 e. The van der Waals surface area contributed by atoms with Gasteiger partial charge in [-0.25, -0.2) is 8.78 Å². The van der Waals surface area contributed by atoms with Gasteiger partial charge in [0.25, 0.3) is 0 Å². The van der Waals surface area contributed by atoms with Crippen LogP contribution in [0.3, 0.4) is 0 Å². The highest BCUT2D eigenvalue weighted by Crippen LogP contribution is 2.24. The van der Waals surface area contributed by atoms with Gasteiger partial charge in [-0.2, -0.15) is 0 Å². The molecule has 0 aromatic heterocycles. The fraction of sp³-hybridized carbons (Fsp3) is 0.538. The Labute approximate surface area is 91.3 Å². The second-order valence-electron chi connectivity index (χ2n) is 3.44. The molecule has 0 saturated carbocycles. The summed E-state index contributed by atoms with van der Waals surface area (Å²) in [4.78, 5) is 0. The van der Waals surface area contributed by atoms with Crippen LogP contribution in [0.1, 0.15) is 51.7 Å². The summed E-state index contributed by atoms with van der Waals surface area (Å²) in [5, 5.41) is 0. The Morgan fingerprint density at radius 2 is 1.67 bits per heavy atom. The van der Waals surface area contributed by atoms with Crippen LogP contribution in [0.2, 0.25) is 0 Å². The zero-order chi connectivity index (χ0) is 12.0. The molecule has 0 spiro atoms. The normalized spacial score (nSPS) is 9.87. The molecule has 0 unspecified atom stereocenters. The number of hydrogen-bond donors (Lipinski definition) is 0. The molecule has 15 heavy (non-hydrogen) atoms. The van der Waals surface area contributed by atoms with Crippen LogP contribution >= 0.6 is 0 Å². The number of benzene rings is 1. The summed E-state index contributed by atoms with van der Waals surface area (Å²) in [5.41, 5.74) is 0.796. The predicted molar refractivity (Wildman–Crippen MR) is 61.2 cm³/mol. The highest BCUT2D eigenvalue weighted by molar-refractivity contribution is 5.29. The fourth-order valence-corrected chi connectivity index (χ4v) is 1.42. The Bertz CT molecular complexity index is 304. The van der Waals surface area contributed by atoms with Gasteiger partial charge in [-0.15, -0.1) is 0 Å². The predicted octanol–water partition coefficient (Wildman–Crippen LogP) is 4.68. The fourth-order valence-electron chi connectivity index (χ4n) is 1.42. The van der Waals surface area contributed by atoms with Gasteiger partial charge in [0.2, 0.25) is 0 Å². The summed E-state index contributed by atoms with van der Waals surface area (Å²) in [6, 6.07) is 2.85. The first-order chi connectivity index (χ1) is 7.07. The third-order valence-electron chi connectivity index (χ3n) is 2.16. The van der Waals surface area contributed by atoms with Crippen LogP contribution in [0.25, 0.3) is 0 Å². The van der Waals surface area contributed by atoms with Crippen LogP contribution in [0.4, 0.5) is 8.78 Å². The monoisotopic (exact) mass is 214 g/mol. The molecule has 1 aromatic carbocycles. The van der Waals surface area contributed by atoms with Crippen molar-refractivity contribution in [1.29, 1.82) is 0 Å². The van der Waals surface area contributed by atoms with Gasteiger partial charge in [0, 0.05) is 5.56 Å². The van der Waals surface area contributed by atoms with Gasteiger partial charge in [-0.3, -0.25) is 0 Å². The smallest absolute Gasteiger partial charge is 0.132 e. The van der Waals surface area contributed by atoms with Crippen molar-refractivity contribution in [3.63, 3.8) is 0 Å². The van der Waals surface area contributed by atoms with Gasteiger partial charge >= 0.3 is 0 Å². The maximum absolute atomic E-state index is 13.5. The summed E-state index contributed by atoms with van der Waals surface area (Å²) in [6.07, 6.45) is 0.603. The minimum absolute atomic E-state index is 0.105. The highest BCUT2D eigenvalue weighted by atomic mass is 19.1. The molecule has 86 valence electrons. The molecule has 1 rings (SSSR count). The molecule has 0 nitrogen and oxygen atoms in total. The Balaban J connectivity index is 0.000000921. The van der Waals surface area contributed by atoms with E-state index in [0.29, 0.717) is 12.0 Å². The maximum atomic E-state index is 13.5. The van der Waals surface area contributed by atoms with Gasteiger partial charge in [0.1, 0.15) is 11.6 Å². The molecule has 0 aliphatic carbocycles. The quantitative estimate of drug-likeness (QED) is 0.670. The molecule has 0 saturated heterocycles. The Morgan fingerprint density at radius 1 is 1.13 bits per heavy atom. The summed E-state index contributed by atoms with van der Waals surface area (Å²) in [5.74, 6) is -0.923. The van der Waals surface area contributed by atoms with Gasteiger partial charge in [-0.1, -0.05) is 40.7 Å². The Hall–Kier alpha value is -0.920. The van der Waals surface area contributed by atoms with Gasteiger partial charge in [-0.05, 0) is 24.0 Å². The molecule has 0 radical (unpaired) electrons. The maximum Gasteiger partial charge on any atom is 0.132 e. The van der Waals surface area contributed by atoms with Crippen LogP contribution in [-0.2, 0) is 6.42 Å². The van der Waals surface area contributed by atoms with E-state index in [1.54, 1.807) is 13.8 Å². The zero-order valence-corrected chi connectivity index (χ0v) is 10.2. The molecule has 0 aliphatic rings. The third-order valence-corrected chi connectivity index (χ3v) is 2.16. The van der Waals surface area contributed by atoms with Crippen molar-refractivity contribution in [3.8, 4) is 0 Å². The van der Waals surface area contributed by atoms with Crippen LogP contribution in [0.15, 0.2) is 12.1 Å². The molecule has 0 N–H and O–H groups in total. The van der Waals surface area contributed by atoms with Gasteiger partial charge < -0.3 is 0 Å². The van der Waals surface area contributed by atoms with Crippen molar-refractivity contribution in [2.75, 3.05) is 0 Å². The SMILES string of the molecule is CC.CCc1ccc(F)c(C(C)C)c1F. The second kappa shape index (κ2) is 6.54. The van der Waals surface area contributed by atoms with Crippen LogP contribution in [0, 0.1) is 11.6 Å². The van der Waals surface area contributed by atoms with Crippen molar-refractivity contribution in [2.45, 2.75) is 47.0 Å². The molecular weight excluding hydrogens is 194 g/mol. The van der Waals surface area contributed by atoms with Crippen molar-refractivity contribution >= 4 is 0 Å². The number of rotatable bonds is 2. The summed E-state index contributed by atoms with van der Waals surface area (Å²) in [7, 11) is 0. The molecule has 1 aromatic rings. The molecule has 0 atom stereocenters. The van der Waals surface area contributed by atoms with Crippen LogP contribution in [0.5, 0.6) is 0 Å². The van der Waals surface area contributed by atoms with E-state index in [2.05, 4.69) is 0 Å². The van der Waals surface area contributed by atoms with Crippen molar-refractivity contribution in [1.82, 2.24) is 0 Å². The van der Waals surface area contributed by atoms with E-state index in [1.165, 1.54) is 12.1 Å². The van der Waals surface area contributed by atoms with E-state index in [4.69, 9.17) is 0 Å². The lowest BCUT2D eigenvalue weighted by atomic mass is 9.98. The van der Waals surface area contributed by atoms with Crippen molar-refractivity contribution in [3.05, 3.63) is 34.9 Å². The summed E-state index contributed by atoms with van der Waals surface area (Å²) < 4.78 is 26.7. The summed E-state index contributed by atoms with van der Waals surface area (Å²) in [6.45, 7) is 9.45. The van der Waals surface area contributed by atoms with Gasteiger partial charge in [0.05, 0.1) is 0 Å². The highest BCUT2D eigenvalue weighted by Gasteiger charge is 2.14. The Morgan fingerprint density at radius 3 is 2.07 bits per heavy atom. The standard InChI is InChI=1S/C11H14F2.C2H6/c1-4-8-5-6-9(12)10(7(2)3)11(8)13;1-2/h5-7H,4H2,1-3H3;1-2H3. The minimum atomic E-state index is -0.440. The first kappa shape index (κ1) is 14.1. The van der Waals surface area contributed by atoms with E-state index in [1.807, 2.05) is 20.8 Å². The first-order valence-electron chi connectivity index (χ1n) is 5.54. The minimum Gasteiger partial charge on any atom is -0.207 e. The van der Waals surface area contributed by atoms with E-state index < -0.39 is 5.82 Å². The molecule has 2 heteroatoms. The van der Waals surface area contributed by atoms with Crippen molar-refractivity contribution < 1.29 is 8.78 Å². The molecule has 0 amide bonds. The lowest BCUT2D eigenvalue weighted by Gasteiger charge is -2.11. The van der Waals surface area contributed by atoms with E-state index in [-0.39, 0.29) is 17.3 Å². The van der Waals surface area contributed by atoms with Crippen molar-refractivity contribution in [2.24, 2.45) is 0 Å². The molecule has 0 aliphatic heterocycles. The lowest BCUT2D eigenvalue weighted by molar-refractivity contribution is 0.533. The van der Waals surface area contributed by atoms with E-state index >= 15 is 0 Å². The zero-order valence-electron chi connectivity index (χ0n) is 10.2. The number of halogens is 2. The molecule has 0 bridgehead atoms. The topological polar surface area (TPSA) is 0 Å². The van der Waals surface area contributed by atoms with Crippen LogP contribution < -0.4 is 0 Å². The van der Waals surface area contributed by atoms with E-state index in [9.17, 15) is 8.78 Å². The van der Waals surface area contributed by atoms with Crippen LogP contribution in [-0.4, -0.2) is 0 Å². The average molecular weight is 214 g/mol. The molecule has 0 heterocycles. The average Bonchev–Trinajstić information content (AvgIpc) is 2.20. The molecule has 0 fully saturated rings. The third kappa shape index (κ3) is 3.29.